The molecular formula is C8H12ClN3O2S. The Kier molecular flexibility index (Phi) is 2.97. The quantitative estimate of drug-likeness (QED) is 0.736. The van der Waals surface area contributed by atoms with Gasteiger partial charge in [0.25, 0.3) is 0 Å². The van der Waals surface area contributed by atoms with Crippen LogP contribution in [0.25, 0.3) is 0 Å². The minimum absolute atomic E-state index is 0.257. The number of aromatic nitrogens is 3. The number of nitrogens with zero attached hydrogens (tertiary/aromatic N) is 3. The first-order valence-electron chi connectivity index (χ1n) is 4.77. The molecule has 0 saturated carbocycles. The molecule has 0 aromatic carbocycles. The monoisotopic (exact) mass is 249 g/mol. The van der Waals surface area contributed by atoms with Crippen LogP contribution >= 0.6 is 11.6 Å². The molecule has 0 aliphatic carbocycles. The van der Waals surface area contributed by atoms with E-state index in [0.29, 0.717) is 18.1 Å². The average Bonchev–Trinajstić information content (AvgIpc) is 2.74. The van der Waals surface area contributed by atoms with Crippen molar-refractivity contribution in [3.05, 3.63) is 12.2 Å². The summed E-state index contributed by atoms with van der Waals surface area (Å²) in [5.41, 5.74) is 0. The minimum atomic E-state index is -2.91. The topological polar surface area (TPSA) is 64.8 Å². The van der Waals surface area contributed by atoms with Gasteiger partial charge in [0.2, 0.25) is 0 Å². The van der Waals surface area contributed by atoms with Crippen molar-refractivity contribution in [3.63, 3.8) is 0 Å². The molecule has 1 aromatic heterocycles. The zero-order valence-electron chi connectivity index (χ0n) is 8.13. The molecule has 0 radical (unpaired) electrons. The molecule has 1 unspecified atom stereocenters. The second-order valence-electron chi connectivity index (χ2n) is 3.66. The molecule has 84 valence electrons. The van der Waals surface area contributed by atoms with Gasteiger partial charge in [-0.3, -0.25) is 0 Å². The lowest BCUT2D eigenvalue weighted by Crippen LogP contribution is -2.22. The molecule has 0 spiro atoms. The zero-order chi connectivity index (χ0) is 10.9. The van der Waals surface area contributed by atoms with Gasteiger partial charge in [0, 0.05) is 6.54 Å². The van der Waals surface area contributed by atoms with Crippen LogP contribution in [0.15, 0.2) is 6.33 Å². The van der Waals surface area contributed by atoms with Crippen LogP contribution in [-0.4, -0.2) is 34.2 Å². The Hall–Kier alpha value is -0.620. The van der Waals surface area contributed by atoms with Crippen LogP contribution in [0.4, 0.5) is 0 Å². The van der Waals surface area contributed by atoms with E-state index in [1.807, 2.05) is 0 Å². The summed E-state index contributed by atoms with van der Waals surface area (Å²) in [6.45, 7) is 0.428. The van der Waals surface area contributed by atoms with Gasteiger partial charge in [-0.05, 0) is 12.8 Å². The van der Waals surface area contributed by atoms with Crippen LogP contribution in [0.5, 0.6) is 0 Å². The highest BCUT2D eigenvalue weighted by atomic mass is 35.5. The normalized spacial score (nSPS) is 24.5. The predicted octanol–water partition coefficient (Wildman–Crippen LogP) is 0.594. The molecule has 1 aliphatic heterocycles. The molecule has 1 saturated heterocycles. The van der Waals surface area contributed by atoms with Gasteiger partial charge >= 0.3 is 0 Å². The molecule has 1 aliphatic rings. The third-order valence-electron chi connectivity index (χ3n) is 2.68. The molecular weight excluding hydrogens is 238 g/mol. The van der Waals surface area contributed by atoms with E-state index >= 15 is 0 Å². The van der Waals surface area contributed by atoms with Crippen molar-refractivity contribution in [3.8, 4) is 0 Å². The van der Waals surface area contributed by atoms with Gasteiger partial charge in [-0.1, -0.05) is 0 Å². The van der Waals surface area contributed by atoms with Gasteiger partial charge in [0.05, 0.1) is 16.9 Å². The molecule has 0 bridgehead atoms. The second kappa shape index (κ2) is 4.09. The second-order valence-corrected chi connectivity index (χ2v) is 6.33. The van der Waals surface area contributed by atoms with Crippen LogP contribution in [0.1, 0.15) is 18.7 Å². The number of halogens is 1. The number of rotatable bonds is 3. The molecule has 1 atom stereocenters. The Bertz CT molecular complexity index is 442. The number of sulfone groups is 1. The fourth-order valence-electron chi connectivity index (χ4n) is 1.82. The Morgan fingerprint density at radius 1 is 1.60 bits per heavy atom. The van der Waals surface area contributed by atoms with E-state index in [0.717, 1.165) is 12.8 Å². The Morgan fingerprint density at radius 3 is 3.00 bits per heavy atom. The van der Waals surface area contributed by atoms with Gasteiger partial charge in [0.1, 0.15) is 12.2 Å². The smallest absolute Gasteiger partial charge is 0.154 e. The fraction of sp³-hybridized carbons (Fsp3) is 0.750. The molecule has 7 heteroatoms. The molecule has 0 amide bonds. The third-order valence-corrected chi connectivity index (χ3v) is 5.18. The van der Waals surface area contributed by atoms with Crippen molar-refractivity contribution in [2.75, 3.05) is 5.75 Å². The van der Waals surface area contributed by atoms with E-state index in [-0.39, 0.29) is 11.1 Å². The van der Waals surface area contributed by atoms with E-state index in [4.69, 9.17) is 11.6 Å². The van der Waals surface area contributed by atoms with E-state index in [1.54, 1.807) is 4.57 Å². The maximum absolute atomic E-state index is 11.6. The highest BCUT2D eigenvalue weighted by molar-refractivity contribution is 7.92. The van der Waals surface area contributed by atoms with E-state index < -0.39 is 9.84 Å². The van der Waals surface area contributed by atoms with E-state index in [1.165, 1.54) is 6.33 Å². The van der Waals surface area contributed by atoms with E-state index in [2.05, 4.69) is 10.2 Å². The van der Waals surface area contributed by atoms with Crippen LogP contribution in [0, 0.1) is 0 Å². The first kappa shape index (κ1) is 10.9. The highest BCUT2D eigenvalue weighted by Gasteiger charge is 2.31. The summed E-state index contributed by atoms with van der Waals surface area (Å²) in [7, 11) is -2.91. The predicted molar refractivity (Wildman–Crippen MR) is 56.4 cm³/mol. The summed E-state index contributed by atoms with van der Waals surface area (Å²) in [6.07, 6.45) is 3.01. The van der Waals surface area contributed by atoms with Gasteiger partial charge in [-0.15, -0.1) is 21.8 Å². The fourth-order valence-corrected chi connectivity index (χ4v) is 3.84. The maximum atomic E-state index is 11.6. The zero-order valence-corrected chi connectivity index (χ0v) is 9.71. The summed E-state index contributed by atoms with van der Waals surface area (Å²) in [6, 6.07) is 0. The van der Waals surface area contributed by atoms with Crippen LogP contribution in [0.2, 0.25) is 0 Å². The Labute approximate surface area is 93.4 Å². The van der Waals surface area contributed by atoms with Gasteiger partial charge < -0.3 is 4.57 Å². The molecule has 0 N–H and O–H groups in total. The Morgan fingerprint density at radius 2 is 2.40 bits per heavy atom. The van der Waals surface area contributed by atoms with Crippen molar-refractivity contribution in [2.45, 2.75) is 30.5 Å². The lowest BCUT2D eigenvalue weighted by Gasteiger charge is -2.10. The van der Waals surface area contributed by atoms with Crippen LogP contribution in [-0.2, 0) is 22.3 Å². The lowest BCUT2D eigenvalue weighted by molar-refractivity contribution is 0.560. The number of hydrogen-bond donors (Lipinski definition) is 0. The first-order chi connectivity index (χ1) is 7.13. The average molecular weight is 250 g/mol. The summed E-state index contributed by atoms with van der Waals surface area (Å²) < 4.78 is 24.9. The van der Waals surface area contributed by atoms with Crippen molar-refractivity contribution >= 4 is 21.4 Å². The van der Waals surface area contributed by atoms with Crippen molar-refractivity contribution in [2.24, 2.45) is 0 Å². The standard InChI is InChI=1S/C8H12ClN3O2S/c9-4-8-11-10-6-12(8)5-7-2-1-3-15(7,13)14/h6-7H,1-5H2. The molecule has 2 rings (SSSR count). The van der Waals surface area contributed by atoms with Crippen LogP contribution < -0.4 is 0 Å². The lowest BCUT2D eigenvalue weighted by atomic mass is 10.2. The summed E-state index contributed by atoms with van der Waals surface area (Å²) in [4.78, 5) is 0. The van der Waals surface area contributed by atoms with Gasteiger partial charge in [0.15, 0.2) is 9.84 Å². The number of alkyl halides is 1. The molecule has 15 heavy (non-hydrogen) atoms. The van der Waals surface area contributed by atoms with Gasteiger partial charge in [-0.2, -0.15) is 0 Å². The van der Waals surface area contributed by atoms with Crippen molar-refractivity contribution in [1.82, 2.24) is 14.8 Å². The Balaban J connectivity index is 2.16. The maximum Gasteiger partial charge on any atom is 0.154 e. The molecule has 1 fully saturated rings. The SMILES string of the molecule is O=S1(=O)CCCC1Cn1cnnc1CCl. The largest absolute Gasteiger partial charge is 0.315 e. The molecule has 2 heterocycles. The molecule has 5 nitrogen and oxygen atoms in total. The van der Waals surface area contributed by atoms with Crippen molar-refractivity contribution in [1.29, 1.82) is 0 Å². The van der Waals surface area contributed by atoms with Crippen LogP contribution in [0.3, 0.4) is 0 Å². The summed E-state index contributed by atoms with van der Waals surface area (Å²) >= 11 is 5.66. The third kappa shape index (κ3) is 2.15. The minimum Gasteiger partial charge on any atom is -0.315 e. The molecule has 1 aromatic rings. The number of hydrogen-bond acceptors (Lipinski definition) is 4. The highest BCUT2D eigenvalue weighted by Crippen LogP contribution is 2.21. The summed E-state index contributed by atoms with van der Waals surface area (Å²) in [5, 5.41) is 7.23. The van der Waals surface area contributed by atoms with Gasteiger partial charge in [-0.25, -0.2) is 8.42 Å². The van der Waals surface area contributed by atoms with Crippen molar-refractivity contribution < 1.29 is 8.42 Å². The first-order valence-corrected chi connectivity index (χ1v) is 7.02. The summed E-state index contributed by atoms with van der Waals surface area (Å²) in [5.74, 6) is 1.18. The van der Waals surface area contributed by atoms with E-state index in [9.17, 15) is 8.42 Å².